The lowest BCUT2D eigenvalue weighted by Gasteiger charge is -2.03. The van der Waals surface area contributed by atoms with E-state index in [2.05, 4.69) is 15.5 Å². The van der Waals surface area contributed by atoms with Gasteiger partial charge in [0, 0.05) is 11.3 Å². The summed E-state index contributed by atoms with van der Waals surface area (Å²) in [5, 5.41) is 11.2. The van der Waals surface area contributed by atoms with E-state index in [4.69, 9.17) is 4.74 Å². The number of nitrogens with zero attached hydrogens (tertiary/aromatic N) is 2. The van der Waals surface area contributed by atoms with E-state index in [-0.39, 0.29) is 11.7 Å². The number of ether oxygens (including phenoxy) is 1. The second kappa shape index (κ2) is 8.09. The highest BCUT2D eigenvalue weighted by atomic mass is 32.2. The Morgan fingerprint density at radius 1 is 1.24 bits per heavy atom. The van der Waals surface area contributed by atoms with Crippen molar-refractivity contribution in [3.63, 3.8) is 0 Å². The van der Waals surface area contributed by atoms with E-state index in [0.29, 0.717) is 22.2 Å². The molecule has 0 aliphatic carbocycles. The maximum Gasteiger partial charge on any atom is 0.257 e. The summed E-state index contributed by atoms with van der Waals surface area (Å²) in [6.45, 7) is 0. The van der Waals surface area contributed by atoms with E-state index in [1.807, 2.05) is 0 Å². The van der Waals surface area contributed by atoms with Crippen LogP contribution in [-0.2, 0) is 5.75 Å². The van der Waals surface area contributed by atoms with Crippen molar-refractivity contribution < 1.29 is 13.9 Å². The maximum atomic E-state index is 12.9. The molecule has 0 bridgehead atoms. The zero-order valence-electron chi connectivity index (χ0n) is 13.2. The number of carbonyl (C=O) groups excluding carboxylic acids is 1. The number of nitrogens with one attached hydrogen (secondary N) is 1. The molecule has 2 aromatic carbocycles. The van der Waals surface area contributed by atoms with Gasteiger partial charge in [0.2, 0.25) is 5.13 Å². The van der Waals surface area contributed by atoms with Crippen LogP contribution in [-0.4, -0.2) is 23.2 Å². The summed E-state index contributed by atoms with van der Waals surface area (Å²) in [4.78, 5) is 12.2. The topological polar surface area (TPSA) is 64.1 Å². The molecule has 0 saturated carbocycles. The molecule has 3 aromatic rings. The van der Waals surface area contributed by atoms with Gasteiger partial charge in [0.25, 0.3) is 5.91 Å². The zero-order valence-corrected chi connectivity index (χ0v) is 14.9. The van der Waals surface area contributed by atoms with Crippen LogP contribution >= 0.6 is 23.1 Å². The average molecular weight is 375 g/mol. The van der Waals surface area contributed by atoms with Crippen molar-refractivity contribution in [2.24, 2.45) is 0 Å². The molecule has 1 heterocycles. The van der Waals surface area contributed by atoms with Crippen LogP contribution < -0.4 is 10.1 Å². The van der Waals surface area contributed by atoms with Crippen molar-refractivity contribution in [3.8, 4) is 5.75 Å². The first-order valence-corrected chi connectivity index (χ1v) is 9.10. The Morgan fingerprint density at radius 2 is 2.04 bits per heavy atom. The van der Waals surface area contributed by atoms with Gasteiger partial charge in [-0.3, -0.25) is 10.1 Å². The molecule has 0 saturated heterocycles. The van der Waals surface area contributed by atoms with Gasteiger partial charge < -0.3 is 4.74 Å². The molecule has 0 atom stereocenters. The number of benzene rings is 2. The van der Waals surface area contributed by atoms with Crippen molar-refractivity contribution >= 4 is 34.1 Å². The van der Waals surface area contributed by atoms with Crippen molar-refractivity contribution in [2.45, 2.75) is 10.1 Å². The first kappa shape index (κ1) is 17.4. The second-order valence-electron chi connectivity index (χ2n) is 4.97. The third-order valence-corrected chi connectivity index (χ3v) is 5.28. The normalized spacial score (nSPS) is 10.5. The fourth-order valence-corrected chi connectivity index (χ4v) is 3.68. The summed E-state index contributed by atoms with van der Waals surface area (Å²) < 4.78 is 18.7. The number of hydrogen-bond acceptors (Lipinski definition) is 6. The summed E-state index contributed by atoms with van der Waals surface area (Å²) in [7, 11) is 1.55. The molecule has 0 spiro atoms. The first-order chi connectivity index (χ1) is 12.1. The highest BCUT2D eigenvalue weighted by Gasteiger charge is 2.11. The van der Waals surface area contributed by atoms with Gasteiger partial charge in [-0.05, 0) is 35.9 Å². The fraction of sp³-hybridized carbons (Fsp3) is 0.118. The zero-order chi connectivity index (χ0) is 17.6. The van der Waals surface area contributed by atoms with E-state index in [9.17, 15) is 9.18 Å². The summed E-state index contributed by atoms with van der Waals surface area (Å²) in [5.74, 6) is 0.733. The molecule has 1 amide bonds. The highest BCUT2D eigenvalue weighted by molar-refractivity contribution is 8.00. The van der Waals surface area contributed by atoms with Gasteiger partial charge in [0.15, 0.2) is 4.34 Å². The predicted molar refractivity (Wildman–Crippen MR) is 96.8 cm³/mol. The molecule has 3 rings (SSSR count). The largest absolute Gasteiger partial charge is 0.497 e. The number of thioether (sulfide) groups is 1. The molecule has 0 aliphatic rings. The van der Waals surface area contributed by atoms with Crippen LogP contribution in [0, 0.1) is 5.82 Å². The molecule has 0 unspecified atom stereocenters. The first-order valence-electron chi connectivity index (χ1n) is 7.30. The summed E-state index contributed by atoms with van der Waals surface area (Å²) in [5.41, 5.74) is 1.47. The van der Waals surface area contributed by atoms with Crippen LogP contribution in [0.15, 0.2) is 52.9 Å². The number of methoxy groups -OCH3 is 1. The van der Waals surface area contributed by atoms with Crippen LogP contribution in [0.5, 0.6) is 5.75 Å². The summed E-state index contributed by atoms with van der Waals surface area (Å²) in [6.07, 6.45) is 0. The van der Waals surface area contributed by atoms with Gasteiger partial charge in [-0.2, -0.15) is 0 Å². The molecule has 5 nitrogen and oxygen atoms in total. The molecular weight excluding hydrogens is 361 g/mol. The molecule has 25 heavy (non-hydrogen) atoms. The lowest BCUT2D eigenvalue weighted by Crippen LogP contribution is -2.11. The average Bonchev–Trinajstić information content (AvgIpc) is 3.08. The van der Waals surface area contributed by atoms with Gasteiger partial charge >= 0.3 is 0 Å². The molecular formula is C17H14FN3O2S2. The van der Waals surface area contributed by atoms with Crippen LogP contribution in [0.4, 0.5) is 9.52 Å². The molecule has 0 aliphatic heterocycles. The Bertz CT molecular complexity index is 868. The Hall–Kier alpha value is -2.45. The monoisotopic (exact) mass is 375 g/mol. The Morgan fingerprint density at radius 3 is 2.80 bits per heavy atom. The Kier molecular flexibility index (Phi) is 5.62. The fourth-order valence-electron chi connectivity index (χ4n) is 1.98. The Balaban J connectivity index is 1.59. The minimum absolute atomic E-state index is 0.257. The highest BCUT2D eigenvalue weighted by Crippen LogP contribution is 2.28. The minimum Gasteiger partial charge on any atom is -0.497 e. The van der Waals surface area contributed by atoms with Crippen LogP contribution in [0.1, 0.15) is 15.9 Å². The third-order valence-electron chi connectivity index (χ3n) is 3.23. The third kappa shape index (κ3) is 4.77. The molecule has 1 aromatic heterocycles. The maximum absolute atomic E-state index is 12.9. The number of hydrogen-bond donors (Lipinski definition) is 1. The lowest BCUT2D eigenvalue weighted by atomic mass is 10.2. The van der Waals surface area contributed by atoms with Gasteiger partial charge in [0.05, 0.1) is 7.11 Å². The molecule has 8 heteroatoms. The molecule has 1 N–H and O–H groups in total. The Labute approximate surface area is 152 Å². The van der Waals surface area contributed by atoms with Crippen molar-refractivity contribution in [1.82, 2.24) is 10.2 Å². The number of halogens is 1. The SMILES string of the molecule is COc1cccc(C(=O)Nc2nnc(SCc3ccc(F)cc3)s2)c1. The smallest absolute Gasteiger partial charge is 0.257 e. The number of aromatic nitrogens is 2. The van der Waals surface area contributed by atoms with Crippen molar-refractivity contribution in [1.29, 1.82) is 0 Å². The van der Waals surface area contributed by atoms with Gasteiger partial charge in [-0.1, -0.05) is 41.3 Å². The van der Waals surface area contributed by atoms with Gasteiger partial charge in [-0.15, -0.1) is 10.2 Å². The number of carbonyl (C=O) groups is 1. The molecule has 128 valence electrons. The van der Waals surface area contributed by atoms with Gasteiger partial charge in [0.1, 0.15) is 11.6 Å². The molecule has 0 fully saturated rings. The minimum atomic E-state index is -0.273. The van der Waals surface area contributed by atoms with E-state index in [0.717, 1.165) is 9.90 Å². The number of anilines is 1. The van der Waals surface area contributed by atoms with E-state index < -0.39 is 0 Å². The summed E-state index contributed by atoms with van der Waals surface area (Å²) >= 11 is 2.77. The lowest BCUT2D eigenvalue weighted by molar-refractivity contribution is 0.102. The standard InChI is InChI=1S/C17H14FN3O2S2/c1-23-14-4-2-3-12(9-14)15(22)19-16-20-21-17(25-16)24-10-11-5-7-13(18)8-6-11/h2-9H,10H2,1H3,(H,19,20,22). The van der Waals surface area contributed by atoms with E-state index in [1.54, 1.807) is 43.5 Å². The van der Waals surface area contributed by atoms with Gasteiger partial charge in [-0.25, -0.2) is 4.39 Å². The van der Waals surface area contributed by atoms with E-state index in [1.165, 1.54) is 35.2 Å². The molecule has 0 radical (unpaired) electrons. The number of amides is 1. The number of rotatable bonds is 6. The van der Waals surface area contributed by atoms with Crippen LogP contribution in [0.25, 0.3) is 0 Å². The quantitative estimate of drug-likeness (QED) is 0.516. The predicted octanol–water partition coefficient (Wildman–Crippen LogP) is 4.23. The van der Waals surface area contributed by atoms with Crippen LogP contribution in [0.2, 0.25) is 0 Å². The van der Waals surface area contributed by atoms with E-state index >= 15 is 0 Å². The summed E-state index contributed by atoms with van der Waals surface area (Å²) in [6, 6.07) is 13.2. The van der Waals surface area contributed by atoms with Crippen LogP contribution in [0.3, 0.4) is 0 Å². The second-order valence-corrected chi connectivity index (χ2v) is 7.17. The van der Waals surface area contributed by atoms with Crippen molar-refractivity contribution in [3.05, 3.63) is 65.5 Å². The van der Waals surface area contributed by atoms with Crippen molar-refractivity contribution in [2.75, 3.05) is 12.4 Å².